The number of fused-ring (bicyclic) bond motifs is 3. The standard InChI is InChI=1S/C23H27N3O8/c1-25(2)12-5-6-13(27)15-10(12)7-9-8-11-21(26(3)4)34-22(32)16(20(24)31)19(30)23(11,33)18(29)14(9)17(15)28/h5-6,9,11,21,27-28,30,33H,7-8H2,1-4H3,(H2,24,31)/t9-,11-,21?,23-/m0/s1. The molecule has 11 nitrogen and oxygen atoms in total. The Bertz CT molecular complexity index is 1180. The first kappa shape index (κ1) is 23.6. The predicted molar refractivity (Wildman–Crippen MR) is 120 cm³/mol. The van der Waals surface area contributed by atoms with Crippen molar-refractivity contribution in [3.63, 3.8) is 0 Å². The number of primary amides is 1. The molecule has 6 N–H and O–H groups in total. The van der Waals surface area contributed by atoms with Crippen molar-refractivity contribution in [1.82, 2.24) is 4.90 Å². The van der Waals surface area contributed by atoms with Gasteiger partial charge in [-0.2, -0.15) is 0 Å². The molecule has 0 saturated heterocycles. The van der Waals surface area contributed by atoms with Crippen LogP contribution in [0.3, 0.4) is 0 Å². The van der Waals surface area contributed by atoms with Gasteiger partial charge in [-0.1, -0.05) is 0 Å². The molecule has 0 aromatic heterocycles. The van der Waals surface area contributed by atoms with Crippen molar-refractivity contribution in [1.29, 1.82) is 0 Å². The summed E-state index contributed by atoms with van der Waals surface area (Å²) >= 11 is 0. The minimum Gasteiger partial charge on any atom is -0.508 e. The fraction of sp³-hybridized carbons (Fsp3) is 0.435. The summed E-state index contributed by atoms with van der Waals surface area (Å²) < 4.78 is 5.39. The Hall–Kier alpha value is -3.57. The van der Waals surface area contributed by atoms with E-state index in [4.69, 9.17) is 10.5 Å². The number of nitrogens with two attached hydrogens (primary N) is 1. The fourth-order valence-electron chi connectivity index (χ4n) is 5.36. The van der Waals surface area contributed by atoms with Gasteiger partial charge in [0.1, 0.15) is 11.5 Å². The Morgan fingerprint density at radius 2 is 1.79 bits per heavy atom. The topological polar surface area (TPSA) is 174 Å². The normalized spacial score (nSPS) is 28.7. The molecular weight excluding hydrogens is 446 g/mol. The van der Waals surface area contributed by atoms with Crippen molar-refractivity contribution in [2.75, 3.05) is 33.1 Å². The lowest BCUT2D eigenvalue weighted by Gasteiger charge is -2.46. The molecule has 4 atom stereocenters. The van der Waals surface area contributed by atoms with Crippen LogP contribution in [0.2, 0.25) is 0 Å². The Labute approximate surface area is 195 Å². The highest BCUT2D eigenvalue weighted by Crippen LogP contribution is 2.52. The second-order valence-corrected chi connectivity index (χ2v) is 9.30. The zero-order chi connectivity index (χ0) is 25.3. The van der Waals surface area contributed by atoms with Gasteiger partial charge in [-0.25, -0.2) is 4.79 Å². The second kappa shape index (κ2) is 7.74. The summed E-state index contributed by atoms with van der Waals surface area (Å²) in [6.07, 6.45) is -0.950. The minimum absolute atomic E-state index is 0.00975. The third kappa shape index (κ3) is 3.07. The van der Waals surface area contributed by atoms with E-state index in [0.717, 1.165) is 5.69 Å². The molecule has 1 unspecified atom stereocenters. The number of hydrogen-bond donors (Lipinski definition) is 5. The molecular formula is C23H27N3O8. The minimum atomic E-state index is -2.77. The first-order valence-corrected chi connectivity index (χ1v) is 10.7. The number of aliphatic hydroxyl groups is 3. The van der Waals surface area contributed by atoms with E-state index >= 15 is 0 Å². The van der Waals surface area contributed by atoms with Crippen molar-refractivity contribution < 1.29 is 39.5 Å². The van der Waals surface area contributed by atoms with E-state index in [-0.39, 0.29) is 29.7 Å². The number of carbonyl (C=O) groups is 3. The number of nitrogens with zero attached hydrogens (tertiary/aromatic N) is 2. The van der Waals surface area contributed by atoms with Crippen LogP contribution in [0.5, 0.6) is 5.75 Å². The number of esters is 1. The van der Waals surface area contributed by atoms with E-state index in [1.54, 1.807) is 39.2 Å². The summed E-state index contributed by atoms with van der Waals surface area (Å²) in [5.41, 5.74) is 2.64. The summed E-state index contributed by atoms with van der Waals surface area (Å²) in [7, 11) is 6.70. The number of amides is 1. The largest absolute Gasteiger partial charge is 0.508 e. The zero-order valence-electron chi connectivity index (χ0n) is 19.2. The molecule has 1 saturated carbocycles. The van der Waals surface area contributed by atoms with Crippen LogP contribution in [0.15, 0.2) is 29.0 Å². The van der Waals surface area contributed by atoms with Gasteiger partial charge in [0.25, 0.3) is 5.91 Å². The molecule has 0 radical (unpaired) electrons. The molecule has 4 rings (SSSR count). The lowest BCUT2D eigenvalue weighted by Crippen LogP contribution is -2.60. The van der Waals surface area contributed by atoms with Crippen LogP contribution in [-0.4, -0.2) is 83.0 Å². The maximum absolute atomic E-state index is 13.8. The van der Waals surface area contributed by atoms with E-state index in [1.165, 1.54) is 11.0 Å². The number of phenolic OH excluding ortho intramolecular Hbond substituents is 1. The molecule has 0 bridgehead atoms. The lowest BCUT2D eigenvalue weighted by molar-refractivity contribution is -0.174. The van der Waals surface area contributed by atoms with E-state index in [2.05, 4.69) is 0 Å². The van der Waals surface area contributed by atoms with E-state index in [0.29, 0.717) is 5.56 Å². The average Bonchev–Trinajstić information content (AvgIpc) is 2.81. The van der Waals surface area contributed by atoms with Crippen LogP contribution < -0.4 is 10.6 Å². The number of Topliss-reactive ketones (excluding diaryl/α,β-unsaturated/α-hetero) is 1. The van der Waals surface area contributed by atoms with Crippen molar-refractivity contribution in [2.45, 2.75) is 24.7 Å². The molecule has 1 aromatic carbocycles. The van der Waals surface area contributed by atoms with Gasteiger partial charge < -0.3 is 35.8 Å². The maximum Gasteiger partial charge on any atom is 0.348 e. The number of rotatable bonds is 3. The third-order valence-electron chi connectivity index (χ3n) is 6.89. The van der Waals surface area contributed by atoms with Crippen molar-refractivity contribution in [3.05, 3.63) is 40.2 Å². The number of ketones is 1. The quantitative estimate of drug-likeness (QED) is 0.296. The summed E-state index contributed by atoms with van der Waals surface area (Å²) in [6.45, 7) is 0. The molecule has 1 aromatic rings. The van der Waals surface area contributed by atoms with Crippen LogP contribution in [0.4, 0.5) is 5.69 Å². The molecule has 3 aliphatic rings. The monoisotopic (exact) mass is 473 g/mol. The zero-order valence-corrected chi connectivity index (χ0v) is 19.2. The molecule has 1 fully saturated rings. The summed E-state index contributed by atoms with van der Waals surface area (Å²) in [5.74, 6) is -7.53. The van der Waals surface area contributed by atoms with Gasteiger partial charge in [0, 0.05) is 25.4 Å². The van der Waals surface area contributed by atoms with Gasteiger partial charge in [0.15, 0.2) is 23.2 Å². The van der Waals surface area contributed by atoms with Crippen LogP contribution in [-0.2, 0) is 25.5 Å². The van der Waals surface area contributed by atoms with Crippen LogP contribution in [0.25, 0.3) is 5.76 Å². The molecule has 1 amide bonds. The number of hydrogen-bond acceptors (Lipinski definition) is 10. The number of anilines is 1. The highest BCUT2D eigenvalue weighted by atomic mass is 16.6. The van der Waals surface area contributed by atoms with Crippen molar-refractivity contribution >= 4 is 29.1 Å². The van der Waals surface area contributed by atoms with Gasteiger partial charge in [0.2, 0.25) is 5.78 Å². The number of cyclic esters (lactones) is 1. The molecule has 182 valence electrons. The Kier molecular flexibility index (Phi) is 5.37. The van der Waals surface area contributed by atoms with Crippen molar-refractivity contribution in [3.8, 4) is 5.75 Å². The van der Waals surface area contributed by atoms with Crippen LogP contribution >= 0.6 is 0 Å². The summed E-state index contributed by atoms with van der Waals surface area (Å²) in [4.78, 5) is 41.6. The first-order valence-electron chi connectivity index (χ1n) is 10.7. The summed E-state index contributed by atoms with van der Waals surface area (Å²) in [5, 5.41) is 44.2. The average molecular weight is 473 g/mol. The van der Waals surface area contributed by atoms with Gasteiger partial charge in [-0.05, 0) is 50.6 Å². The number of aromatic hydroxyl groups is 1. The van der Waals surface area contributed by atoms with Gasteiger partial charge in [-0.15, -0.1) is 0 Å². The van der Waals surface area contributed by atoms with Crippen LogP contribution in [0, 0.1) is 11.8 Å². The molecule has 1 heterocycles. The maximum atomic E-state index is 13.8. The number of phenols is 1. The Balaban J connectivity index is 2.00. The van der Waals surface area contributed by atoms with E-state index in [9.17, 15) is 34.8 Å². The van der Waals surface area contributed by atoms with E-state index < -0.39 is 58.4 Å². The fourth-order valence-corrected chi connectivity index (χ4v) is 5.36. The summed E-state index contributed by atoms with van der Waals surface area (Å²) in [6, 6.07) is 3.08. The highest BCUT2D eigenvalue weighted by molar-refractivity contribution is 6.19. The number of carbonyl (C=O) groups excluding carboxylic acids is 3. The molecule has 11 heteroatoms. The molecule has 0 spiro atoms. The molecule has 1 aliphatic heterocycles. The Morgan fingerprint density at radius 3 is 2.35 bits per heavy atom. The number of ether oxygens (including phenoxy) is 1. The molecule has 2 aliphatic carbocycles. The molecule has 34 heavy (non-hydrogen) atoms. The number of aliphatic hydroxyl groups excluding tert-OH is 2. The Morgan fingerprint density at radius 1 is 1.15 bits per heavy atom. The van der Waals surface area contributed by atoms with E-state index in [1.807, 2.05) is 0 Å². The first-order chi connectivity index (χ1) is 15.8. The SMILES string of the molecule is CN(C)c1ccc(O)c2c1C[C@H]1C[C@H]3C(N(C)C)OC(=O)C(C(N)=O)=C(O)[C@@]3(O)C(=O)C1=C2O. The van der Waals surface area contributed by atoms with Crippen molar-refractivity contribution in [2.24, 2.45) is 17.6 Å². The smallest absolute Gasteiger partial charge is 0.348 e. The van der Waals surface area contributed by atoms with Gasteiger partial charge in [0.05, 0.1) is 11.5 Å². The predicted octanol–water partition coefficient (Wildman–Crippen LogP) is -0.0384. The third-order valence-corrected chi connectivity index (χ3v) is 6.89. The van der Waals surface area contributed by atoms with Gasteiger partial charge in [-0.3, -0.25) is 14.5 Å². The second-order valence-electron chi connectivity index (χ2n) is 9.30. The highest BCUT2D eigenvalue weighted by Gasteiger charge is 2.62. The van der Waals surface area contributed by atoms with Crippen LogP contribution in [0.1, 0.15) is 17.5 Å². The van der Waals surface area contributed by atoms with Gasteiger partial charge >= 0.3 is 5.97 Å². The lowest BCUT2D eigenvalue weighted by atomic mass is 9.62. The number of benzene rings is 1.